The Hall–Kier alpha value is -0.870. The molecule has 0 aliphatic carbocycles. The third kappa shape index (κ3) is 3.12. The predicted molar refractivity (Wildman–Crippen MR) is 78.3 cm³/mol. The van der Waals surface area contributed by atoms with Crippen LogP contribution in [0.1, 0.15) is 24.2 Å². The van der Waals surface area contributed by atoms with Gasteiger partial charge in [0.2, 0.25) is 0 Å². The van der Waals surface area contributed by atoms with E-state index in [1.54, 1.807) is 18.2 Å². The summed E-state index contributed by atoms with van der Waals surface area (Å²) >= 11 is 7.83. The molecule has 5 heteroatoms. The summed E-state index contributed by atoms with van der Waals surface area (Å²) in [5, 5.41) is 0.504. The molecule has 1 heterocycles. The van der Waals surface area contributed by atoms with Crippen molar-refractivity contribution in [1.82, 2.24) is 4.90 Å². The van der Waals surface area contributed by atoms with Gasteiger partial charge in [-0.15, -0.1) is 0 Å². The third-order valence-electron chi connectivity index (χ3n) is 2.88. The third-order valence-corrected chi connectivity index (χ3v) is 4.40. The zero-order valence-corrected chi connectivity index (χ0v) is 12.1. The summed E-state index contributed by atoms with van der Waals surface area (Å²) in [5.74, 6) is 0.979. The fourth-order valence-corrected chi connectivity index (χ4v) is 3.46. The molecule has 0 unspecified atom stereocenters. The Labute approximate surface area is 117 Å². The zero-order chi connectivity index (χ0) is 13.3. The average molecular weight is 285 g/mol. The summed E-state index contributed by atoms with van der Waals surface area (Å²) in [5.41, 5.74) is 6.82. The molecular weight excluding hydrogens is 268 g/mol. The van der Waals surface area contributed by atoms with Crippen LogP contribution in [0, 0.1) is 0 Å². The number of hydrogen-bond donors (Lipinski definition) is 1. The van der Waals surface area contributed by atoms with Crippen molar-refractivity contribution in [3.05, 3.63) is 28.8 Å². The highest BCUT2D eigenvalue weighted by Gasteiger charge is 2.30. The Morgan fingerprint density at radius 2 is 2.17 bits per heavy atom. The number of benzene rings is 1. The zero-order valence-electron chi connectivity index (χ0n) is 10.6. The van der Waals surface area contributed by atoms with Crippen LogP contribution in [-0.4, -0.2) is 34.4 Å². The molecule has 18 heavy (non-hydrogen) atoms. The largest absolute Gasteiger partial charge is 0.399 e. The van der Waals surface area contributed by atoms with Gasteiger partial charge < -0.3 is 10.6 Å². The molecule has 98 valence electrons. The van der Waals surface area contributed by atoms with Crippen LogP contribution < -0.4 is 5.73 Å². The van der Waals surface area contributed by atoms with E-state index in [4.69, 9.17) is 17.3 Å². The first-order valence-electron chi connectivity index (χ1n) is 5.87. The fraction of sp³-hybridized carbons (Fsp3) is 0.462. The molecule has 2 N–H and O–H groups in total. The first-order chi connectivity index (χ1) is 8.37. The second-order valence-electron chi connectivity index (χ2n) is 5.11. The molecule has 1 aliphatic heterocycles. The average Bonchev–Trinajstić information content (AvgIpc) is 2.25. The van der Waals surface area contributed by atoms with E-state index < -0.39 is 0 Å². The lowest BCUT2D eigenvalue weighted by Crippen LogP contribution is -2.46. The molecule has 1 aliphatic rings. The monoisotopic (exact) mass is 284 g/mol. The second-order valence-corrected chi connectivity index (χ2v) is 7.35. The maximum Gasteiger partial charge on any atom is 0.254 e. The molecule has 0 saturated carbocycles. The number of halogens is 1. The lowest BCUT2D eigenvalue weighted by Gasteiger charge is -2.37. The van der Waals surface area contributed by atoms with Crippen LogP contribution in [0.5, 0.6) is 0 Å². The molecule has 0 atom stereocenters. The van der Waals surface area contributed by atoms with E-state index >= 15 is 0 Å². The first-order valence-corrected chi connectivity index (χ1v) is 7.23. The number of nitrogen functional groups attached to an aromatic ring is 1. The van der Waals surface area contributed by atoms with E-state index in [1.165, 1.54) is 0 Å². The molecule has 1 saturated heterocycles. The van der Waals surface area contributed by atoms with E-state index in [0.29, 0.717) is 16.3 Å². The van der Waals surface area contributed by atoms with Gasteiger partial charge in [0, 0.05) is 39.9 Å². The number of anilines is 1. The minimum Gasteiger partial charge on any atom is -0.399 e. The van der Waals surface area contributed by atoms with Gasteiger partial charge in [-0.05, 0) is 32.0 Å². The molecule has 1 amide bonds. The molecule has 1 fully saturated rings. The smallest absolute Gasteiger partial charge is 0.254 e. The topological polar surface area (TPSA) is 46.3 Å². The van der Waals surface area contributed by atoms with Crippen molar-refractivity contribution < 1.29 is 4.79 Å². The van der Waals surface area contributed by atoms with Crippen LogP contribution >= 0.6 is 23.4 Å². The summed E-state index contributed by atoms with van der Waals surface area (Å²) < 4.78 is 0.109. The molecular formula is C13H17ClN2OS. The van der Waals surface area contributed by atoms with Crippen LogP contribution in [0.25, 0.3) is 0 Å². The second kappa shape index (κ2) is 5.02. The van der Waals surface area contributed by atoms with Gasteiger partial charge in [0.15, 0.2) is 0 Å². The van der Waals surface area contributed by atoms with Crippen LogP contribution in [0.3, 0.4) is 0 Å². The number of thioether (sulfide) groups is 1. The molecule has 2 rings (SSSR count). The Kier molecular flexibility index (Phi) is 3.78. The molecule has 1 aromatic rings. The Morgan fingerprint density at radius 1 is 1.44 bits per heavy atom. The minimum absolute atomic E-state index is 0.0116. The summed E-state index contributed by atoms with van der Waals surface area (Å²) in [6.45, 7) is 5.84. The van der Waals surface area contributed by atoms with Crippen LogP contribution in [0.15, 0.2) is 18.2 Å². The van der Waals surface area contributed by atoms with Gasteiger partial charge in [-0.25, -0.2) is 0 Å². The quantitative estimate of drug-likeness (QED) is 0.807. The van der Waals surface area contributed by atoms with Gasteiger partial charge in [0.25, 0.3) is 5.91 Å². The van der Waals surface area contributed by atoms with Gasteiger partial charge >= 0.3 is 0 Å². The van der Waals surface area contributed by atoms with Gasteiger partial charge in [0.05, 0.1) is 0 Å². The van der Waals surface area contributed by atoms with Gasteiger partial charge in [-0.3, -0.25) is 4.79 Å². The van der Waals surface area contributed by atoms with Gasteiger partial charge in [-0.1, -0.05) is 11.6 Å². The number of nitrogens with zero attached hydrogens (tertiary/aromatic N) is 1. The van der Waals surface area contributed by atoms with Crippen molar-refractivity contribution in [2.24, 2.45) is 0 Å². The Balaban J connectivity index is 2.20. The highest BCUT2D eigenvalue weighted by atomic mass is 35.5. The van der Waals surface area contributed by atoms with E-state index in [-0.39, 0.29) is 10.7 Å². The first kappa shape index (κ1) is 13.6. The van der Waals surface area contributed by atoms with Crippen LogP contribution in [-0.2, 0) is 0 Å². The minimum atomic E-state index is 0.0116. The number of carbonyl (C=O) groups excluding carboxylic acids is 1. The lowest BCUT2D eigenvalue weighted by molar-refractivity contribution is 0.0748. The van der Waals surface area contributed by atoms with E-state index in [2.05, 4.69) is 13.8 Å². The normalized spacial score (nSPS) is 18.7. The number of carbonyl (C=O) groups is 1. The van der Waals surface area contributed by atoms with Crippen molar-refractivity contribution in [3.63, 3.8) is 0 Å². The summed E-state index contributed by atoms with van der Waals surface area (Å²) in [7, 11) is 0. The van der Waals surface area contributed by atoms with Crippen molar-refractivity contribution >= 4 is 35.0 Å². The number of nitrogens with two attached hydrogens (primary N) is 1. The molecule has 0 aromatic heterocycles. The lowest BCUT2D eigenvalue weighted by atomic mass is 10.1. The highest BCUT2D eigenvalue weighted by Crippen LogP contribution is 2.30. The Morgan fingerprint density at radius 3 is 2.78 bits per heavy atom. The highest BCUT2D eigenvalue weighted by molar-refractivity contribution is 8.00. The van der Waals surface area contributed by atoms with E-state index in [1.807, 2.05) is 16.7 Å². The summed E-state index contributed by atoms with van der Waals surface area (Å²) in [6, 6.07) is 5.01. The van der Waals surface area contributed by atoms with Crippen LogP contribution in [0.4, 0.5) is 5.69 Å². The van der Waals surface area contributed by atoms with Gasteiger partial charge in [0.1, 0.15) is 0 Å². The molecule has 3 nitrogen and oxygen atoms in total. The van der Waals surface area contributed by atoms with Crippen molar-refractivity contribution in [2.45, 2.75) is 18.6 Å². The molecule has 1 aromatic carbocycles. The fourth-order valence-electron chi connectivity index (χ4n) is 2.11. The summed E-state index contributed by atoms with van der Waals surface area (Å²) in [4.78, 5) is 14.3. The van der Waals surface area contributed by atoms with Crippen molar-refractivity contribution in [3.8, 4) is 0 Å². The van der Waals surface area contributed by atoms with E-state index in [9.17, 15) is 4.79 Å². The molecule has 0 radical (unpaired) electrons. The van der Waals surface area contributed by atoms with Crippen molar-refractivity contribution in [2.75, 3.05) is 24.6 Å². The Bertz CT molecular complexity index is 456. The molecule has 0 spiro atoms. The number of amides is 1. The van der Waals surface area contributed by atoms with Gasteiger partial charge in [-0.2, -0.15) is 11.8 Å². The molecule has 0 bridgehead atoms. The standard InChI is InChI=1S/C13H17ClN2OS/c1-13(2)8-16(3-4-18-13)12(17)9-5-10(14)7-11(15)6-9/h5-7H,3-4,8,15H2,1-2H3. The van der Waals surface area contributed by atoms with E-state index in [0.717, 1.165) is 18.8 Å². The SMILES string of the molecule is CC1(C)CN(C(=O)c2cc(N)cc(Cl)c2)CCS1. The van der Waals surface area contributed by atoms with Crippen molar-refractivity contribution in [1.29, 1.82) is 0 Å². The maximum absolute atomic E-state index is 12.4. The van der Waals surface area contributed by atoms with Crippen LogP contribution in [0.2, 0.25) is 5.02 Å². The predicted octanol–water partition coefficient (Wildman–Crippen LogP) is 2.89. The maximum atomic E-state index is 12.4. The number of hydrogen-bond acceptors (Lipinski definition) is 3. The summed E-state index contributed by atoms with van der Waals surface area (Å²) in [6.07, 6.45) is 0. The number of rotatable bonds is 1.